The van der Waals surface area contributed by atoms with Crippen LogP contribution in [0.4, 0.5) is 0 Å². The molecule has 1 aliphatic rings. The summed E-state index contributed by atoms with van der Waals surface area (Å²) in [5.41, 5.74) is 0.734. The lowest BCUT2D eigenvalue weighted by molar-refractivity contribution is -0.140. The van der Waals surface area contributed by atoms with Crippen molar-refractivity contribution in [2.45, 2.75) is 13.0 Å². The largest absolute Gasteiger partial charge is 0.507 e. The van der Waals surface area contributed by atoms with E-state index < -0.39 is 17.7 Å². The number of halogens is 1. The van der Waals surface area contributed by atoms with Crippen LogP contribution in [0.15, 0.2) is 42.0 Å². The number of benzene rings is 2. The van der Waals surface area contributed by atoms with Crippen LogP contribution in [0.1, 0.15) is 24.1 Å². The predicted molar refractivity (Wildman–Crippen MR) is 125 cm³/mol. The van der Waals surface area contributed by atoms with Crippen LogP contribution in [-0.4, -0.2) is 72.6 Å². The minimum atomic E-state index is -0.871. The van der Waals surface area contributed by atoms with Crippen molar-refractivity contribution in [2.75, 3.05) is 40.9 Å². The molecule has 8 nitrogen and oxygen atoms in total. The van der Waals surface area contributed by atoms with Crippen LogP contribution in [0.5, 0.6) is 17.2 Å². The minimum absolute atomic E-state index is 0.0632. The van der Waals surface area contributed by atoms with Gasteiger partial charge in [0.05, 0.1) is 30.4 Å². The molecule has 3 rings (SSSR count). The number of Topliss-reactive ketones (excluding diaryl/α,β-unsaturated/α-hetero) is 1. The van der Waals surface area contributed by atoms with Gasteiger partial charge in [-0.05, 0) is 56.9 Å². The summed E-state index contributed by atoms with van der Waals surface area (Å²) in [6.07, 6.45) is 0. The fourth-order valence-corrected chi connectivity index (χ4v) is 3.94. The van der Waals surface area contributed by atoms with E-state index >= 15 is 0 Å². The van der Waals surface area contributed by atoms with Crippen LogP contribution in [0.25, 0.3) is 5.76 Å². The second-order valence-electron chi connectivity index (χ2n) is 7.81. The van der Waals surface area contributed by atoms with Crippen LogP contribution in [0, 0.1) is 0 Å². The third-order valence-corrected chi connectivity index (χ3v) is 5.65. The van der Waals surface area contributed by atoms with Gasteiger partial charge in [0.2, 0.25) is 0 Å². The van der Waals surface area contributed by atoms with Crippen LogP contribution in [-0.2, 0) is 9.59 Å². The highest BCUT2D eigenvalue weighted by Crippen LogP contribution is 2.42. The Morgan fingerprint density at radius 3 is 2.48 bits per heavy atom. The van der Waals surface area contributed by atoms with Gasteiger partial charge in [-0.3, -0.25) is 9.59 Å². The predicted octanol–water partition coefficient (Wildman–Crippen LogP) is 3.44. The Balaban J connectivity index is 2.17. The van der Waals surface area contributed by atoms with E-state index in [9.17, 15) is 19.8 Å². The zero-order valence-electron chi connectivity index (χ0n) is 19.0. The number of aromatic hydroxyl groups is 1. The number of methoxy groups -OCH3 is 1. The van der Waals surface area contributed by atoms with Gasteiger partial charge in [-0.1, -0.05) is 17.7 Å². The average molecular weight is 475 g/mol. The molecule has 0 aromatic heterocycles. The van der Waals surface area contributed by atoms with E-state index in [0.29, 0.717) is 24.5 Å². The molecule has 1 heterocycles. The van der Waals surface area contributed by atoms with Gasteiger partial charge in [0.1, 0.15) is 11.5 Å². The molecule has 1 aliphatic heterocycles. The van der Waals surface area contributed by atoms with E-state index in [2.05, 4.69) is 0 Å². The van der Waals surface area contributed by atoms with Gasteiger partial charge in [0.25, 0.3) is 11.7 Å². The van der Waals surface area contributed by atoms with Crippen molar-refractivity contribution < 1.29 is 29.3 Å². The van der Waals surface area contributed by atoms with Crippen molar-refractivity contribution in [3.63, 3.8) is 0 Å². The summed E-state index contributed by atoms with van der Waals surface area (Å²) in [5.74, 6) is -1.30. The maximum atomic E-state index is 13.1. The number of aliphatic hydroxyl groups is 1. The first-order valence-electron chi connectivity index (χ1n) is 10.4. The molecule has 2 N–H and O–H groups in total. The Bertz CT molecular complexity index is 1100. The Morgan fingerprint density at radius 1 is 1.15 bits per heavy atom. The molecule has 0 saturated carbocycles. The van der Waals surface area contributed by atoms with E-state index in [1.54, 1.807) is 24.3 Å². The van der Waals surface area contributed by atoms with Crippen LogP contribution >= 0.6 is 11.6 Å². The zero-order chi connectivity index (χ0) is 24.3. The number of aliphatic hydroxyl groups excluding tert-OH is 1. The number of ether oxygens (including phenoxy) is 2. The number of likely N-dealkylation sites (tertiary alicyclic amines) is 1. The van der Waals surface area contributed by atoms with E-state index in [4.69, 9.17) is 21.1 Å². The molecule has 33 heavy (non-hydrogen) atoms. The van der Waals surface area contributed by atoms with Gasteiger partial charge >= 0.3 is 0 Å². The van der Waals surface area contributed by atoms with Crippen LogP contribution in [0.3, 0.4) is 0 Å². The van der Waals surface area contributed by atoms with E-state index in [1.807, 2.05) is 25.9 Å². The Hall–Kier alpha value is -3.23. The second-order valence-corrected chi connectivity index (χ2v) is 8.21. The average Bonchev–Trinajstić information content (AvgIpc) is 3.03. The molecule has 0 radical (unpaired) electrons. The molecular weight excluding hydrogens is 448 g/mol. The number of amides is 1. The van der Waals surface area contributed by atoms with Crippen molar-refractivity contribution in [2.24, 2.45) is 0 Å². The standard InChI is InChI=1S/C24H27ClN2O6/c1-5-33-18-9-7-15(12-16(18)25)22(29)20-21(14-6-8-17(28)19(13-14)32-4)27(11-10-26(2)3)24(31)23(20)30/h6-9,12-13,21,28-29H,5,10-11H2,1-4H3/t21-/m0/s1. The lowest BCUT2D eigenvalue weighted by Crippen LogP contribution is -2.35. The molecule has 0 unspecified atom stereocenters. The molecular formula is C24H27ClN2O6. The number of phenols is 1. The first kappa shape index (κ1) is 24.4. The van der Waals surface area contributed by atoms with Gasteiger partial charge in [0, 0.05) is 18.7 Å². The molecule has 1 fully saturated rings. The van der Waals surface area contributed by atoms with Crippen LogP contribution < -0.4 is 9.47 Å². The highest BCUT2D eigenvalue weighted by atomic mass is 35.5. The molecule has 0 spiro atoms. The number of hydrogen-bond donors (Lipinski definition) is 2. The fraction of sp³-hybridized carbons (Fsp3) is 0.333. The minimum Gasteiger partial charge on any atom is -0.507 e. The number of phenolic OH excluding ortho intramolecular Hbond substituents is 1. The Kier molecular flexibility index (Phi) is 7.50. The van der Waals surface area contributed by atoms with Gasteiger partial charge in [-0.2, -0.15) is 0 Å². The molecule has 176 valence electrons. The second kappa shape index (κ2) is 10.1. The third kappa shape index (κ3) is 4.91. The summed E-state index contributed by atoms with van der Waals surface area (Å²) in [6.45, 7) is 3.01. The van der Waals surface area contributed by atoms with Gasteiger partial charge < -0.3 is 29.5 Å². The fourth-order valence-electron chi connectivity index (χ4n) is 3.71. The molecule has 1 amide bonds. The number of hydrogen-bond acceptors (Lipinski definition) is 7. The van der Waals surface area contributed by atoms with Crippen molar-refractivity contribution in [1.29, 1.82) is 0 Å². The topological polar surface area (TPSA) is 99.5 Å². The third-order valence-electron chi connectivity index (χ3n) is 5.35. The summed E-state index contributed by atoms with van der Waals surface area (Å²) in [7, 11) is 5.12. The van der Waals surface area contributed by atoms with Gasteiger partial charge in [-0.15, -0.1) is 0 Å². The molecule has 9 heteroatoms. The molecule has 1 atom stereocenters. The van der Waals surface area contributed by atoms with Gasteiger partial charge in [0.15, 0.2) is 11.5 Å². The van der Waals surface area contributed by atoms with E-state index in [0.717, 1.165) is 0 Å². The van der Waals surface area contributed by atoms with E-state index in [1.165, 1.54) is 24.1 Å². The number of nitrogens with zero attached hydrogens (tertiary/aromatic N) is 2. The SMILES string of the molecule is CCOc1ccc(C(O)=C2C(=O)C(=O)N(CCN(C)C)[C@H]2c2ccc(O)c(OC)c2)cc1Cl. The zero-order valence-corrected chi connectivity index (χ0v) is 19.7. The first-order valence-corrected chi connectivity index (χ1v) is 10.8. The monoisotopic (exact) mass is 474 g/mol. The van der Waals surface area contributed by atoms with Gasteiger partial charge in [-0.25, -0.2) is 0 Å². The number of rotatable bonds is 8. The molecule has 0 aliphatic carbocycles. The van der Waals surface area contributed by atoms with E-state index in [-0.39, 0.29) is 40.0 Å². The highest BCUT2D eigenvalue weighted by molar-refractivity contribution is 6.46. The smallest absolute Gasteiger partial charge is 0.295 e. The van der Waals surface area contributed by atoms with Crippen molar-refractivity contribution >= 4 is 29.1 Å². The maximum absolute atomic E-state index is 13.1. The van der Waals surface area contributed by atoms with Crippen molar-refractivity contribution in [1.82, 2.24) is 9.80 Å². The van der Waals surface area contributed by atoms with Crippen LogP contribution in [0.2, 0.25) is 5.02 Å². The Labute approximate surface area is 197 Å². The molecule has 0 bridgehead atoms. The maximum Gasteiger partial charge on any atom is 0.295 e. The number of carbonyl (C=O) groups excluding carboxylic acids is 2. The lowest BCUT2D eigenvalue weighted by Gasteiger charge is -2.27. The summed E-state index contributed by atoms with van der Waals surface area (Å²) in [4.78, 5) is 29.3. The summed E-state index contributed by atoms with van der Waals surface area (Å²) >= 11 is 6.28. The summed E-state index contributed by atoms with van der Waals surface area (Å²) in [5, 5.41) is 21.4. The highest BCUT2D eigenvalue weighted by Gasteiger charge is 2.46. The number of likely N-dealkylation sites (N-methyl/N-ethyl adjacent to an activating group) is 1. The quantitative estimate of drug-likeness (QED) is 0.343. The molecule has 2 aromatic carbocycles. The number of carbonyl (C=O) groups is 2. The molecule has 2 aromatic rings. The molecule has 1 saturated heterocycles. The normalized spacial score (nSPS) is 17.6. The lowest BCUT2D eigenvalue weighted by atomic mass is 9.95. The van der Waals surface area contributed by atoms with Crippen molar-refractivity contribution in [3.8, 4) is 17.2 Å². The summed E-state index contributed by atoms with van der Waals surface area (Å²) < 4.78 is 10.6. The number of ketones is 1. The summed E-state index contributed by atoms with van der Waals surface area (Å²) in [6, 6.07) is 8.36. The first-order chi connectivity index (χ1) is 15.7. The Morgan fingerprint density at radius 2 is 1.88 bits per heavy atom. The van der Waals surface area contributed by atoms with Crippen molar-refractivity contribution in [3.05, 3.63) is 58.1 Å².